The molecule has 2 rings (SSSR count). The summed E-state index contributed by atoms with van der Waals surface area (Å²) in [5.41, 5.74) is 2.48. The number of nitrogens with one attached hydrogen (secondary N) is 1. The van der Waals surface area contributed by atoms with Gasteiger partial charge in [-0.05, 0) is 19.1 Å². The molecule has 4 nitrogen and oxygen atoms in total. The number of aldehydes is 1. The van der Waals surface area contributed by atoms with Gasteiger partial charge in [-0.3, -0.25) is 9.59 Å². The quantitative estimate of drug-likeness (QED) is 0.827. The zero-order valence-corrected chi connectivity index (χ0v) is 10.9. The summed E-state index contributed by atoms with van der Waals surface area (Å²) in [5, 5.41) is 0. The first-order valence-corrected chi connectivity index (χ1v) is 6.04. The molecule has 0 bridgehead atoms. The highest BCUT2D eigenvalue weighted by atomic mass is 16.1. The normalized spacial score (nSPS) is 21.8. The Morgan fingerprint density at radius 2 is 2.11 bits per heavy atom. The van der Waals surface area contributed by atoms with E-state index in [1.165, 1.54) is 0 Å². The van der Waals surface area contributed by atoms with Gasteiger partial charge in [0, 0.05) is 23.2 Å². The van der Waals surface area contributed by atoms with Crippen molar-refractivity contribution in [2.75, 3.05) is 0 Å². The molecule has 2 heterocycles. The van der Waals surface area contributed by atoms with Crippen LogP contribution in [0.4, 0.5) is 0 Å². The third-order valence-corrected chi connectivity index (χ3v) is 3.61. The SMILES string of the molecule is CC1=CC(C)(C)C(Cc2ccc(C=O)[nH]2)N1C=O. The smallest absolute Gasteiger partial charge is 0.214 e. The number of allylic oxidation sites excluding steroid dienone is 1. The standard InChI is InChI=1S/C14H18N2O2/c1-10-7-14(2,3)13(16(10)9-18)6-11-4-5-12(8-17)15-11/h4-5,7-9,13,15H,6H2,1-3H3. The first-order valence-electron chi connectivity index (χ1n) is 6.04. The monoisotopic (exact) mass is 246 g/mol. The van der Waals surface area contributed by atoms with Gasteiger partial charge in [0.15, 0.2) is 6.29 Å². The lowest BCUT2D eigenvalue weighted by Gasteiger charge is -2.31. The maximum atomic E-state index is 11.2. The van der Waals surface area contributed by atoms with Crippen molar-refractivity contribution in [3.63, 3.8) is 0 Å². The van der Waals surface area contributed by atoms with Crippen LogP contribution in [0.15, 0.2) is 23.9 Å². The van der Waals surface area contributed by atoms with Crippen molar-refractivity contribution >= 4 is 12.7 Å². The fourth-order valence-electron chi connectivity index (χ4n) is 2.69. The minimum atomic E-state index is -0.0581. The average molecular weight is 246 g/mol. The third-order valence-electron chi connectivity index (χ3n) is 3.61. The molecule has 0 aliphatic carbocycles. The number of rotatable bonds is 4. The first kappa shape index (κ1) is 12.6. The van der Waals surface area contributed by atoms with E-state index in [-0.39, 0.29) is 11.5 Å². The van der Waals surface area contributed by atoms with Crippen molar-refractivity contribution < 1.29 is 9.59 Å². The van der Waals surface area contributed by atoms with Crippen molar-refractivity contribution in [1.82, 2.24) is 9.88 Å². The van der Waals surface area contributed by atoms with E-state index in [2.05, 4.69) is 24.9 Å². The molecule has 1 N–H and O–H groups in total. The van der Waals surface area contributed by atoms with Crippen molar-refractivity contribution in [2.45, 2.75) is 33.2 Å². The maximum absolute atomic E-state index is 11.2. The summed E-state index contributed by atoms with van der Waals surface area (Å²) in [4.78, 5) is 26.7. The predicted octanol–water partition coefficient (Wildman–Crippen LogP) is 2.14. The summed E-state index contributed by atoms with van der Waals surface area (Å²) < 4.78 is 0. The van der Waals surface area contributed by atoms with E-state index < -0.39 is 0 Å². The lowest BCUT2D eigenvalue weighted by atomic mass is 9.84. The summed E-state index contributed by atoms with van der Waals surface area (Å²) in [6.45, 7) is 6.18. The number of aromatic nitrogens is 1. The van der Waals surface area contributed by atoms with Crippen LogP contribution >= 0.6 is 0 Å². The maximum Gasteiger partial charge on any atom is 0.214 e. The number of amides is 1. The molecule has 0 saturated carbocycles. The number of aromatic amines is 1. The van der Waals surface area contributed by atoms with Crippen LogP contribution in [0.3, 0.4) is 0 Å². The Hall–Kier alpha value is -1.84. The van der Waals surface area contributed by atoms with Crippen LogP contribution in [0.5, 0.6) is 0 Å². The van der Waals surface area contributed by atoms with Gasteiger partial charge < -0.3 is 9.88 Å². The van der Waals surface area contributed by atoms with Gasteiger partial charge in [-0.25, -0.2) is 0 Å². The number of nitrogens with zero attached hydrogens (tertiary/aromatic N) is 1. The molecule has 1 amide bonds. The van der Waals surface area contributed by atoms with Crippen LogP contribution in [-0.4, -0.2) is 28.6 Å². The van der Waals surface area contributed by atoms with Crippen molar-refractivity contribution in [3.8, 4) is 0 Å². The van der Waals surface area contributed by atoms with Gasteiger partial charge in [0.2, 0.25) is 6.41 Å². The molecule has 96 valence electrons. The molecule has 0 aromatic carbocycles. The summed E-state index contributed by atoms with van der Waals surface area (Å²) in [5.74, 6) is 0. The largest absolute Gasteiger partial charge is 0.356 e. The van der Waals surface area contributed by atoms with E-state index in [0.717, 1.165) is 24.1 Å². The molecular formula is C14H18N2O2. The zero-order valence-electron chi connectivity index (χ0n) is 10.9. The van der Waals surface area contributed by atoms with Gasteiger partial charge in [0.05, 0.1) is 11.7 Å². The molecular weight excluding hydrogens is 228 g/mol. The molecule has 18 heavy (non-hydrogen) atoms. The minimum Gasteiger partial charge on any atom is -0.356 e. The minimum absolute atomic E-state index is 0.0581. The van der Waals surface area contributed by atoms with Gasteiger partial charge >= 0.3 is 0 Å². The third kappa shape index (κ3) is 2.10. The molecule has 1 aliphatic heterocycles. The Labute approximate surface area is 107 Å². The Morgan fingerprint density at radius 3 is 2.67 bits per heavy atom. The van der Waals surface area contributed by atoms with Crippen LogP contribution < -0.4 is 0 Å². The lowest BCUT2D eigenvalue weighted by molar-refractivity contribution is -0.118. The second-order valence-corrected chi connectivity index (χ2v) is 5.40. The van der Waals surface area contributed by atoms with Crippen LogP contribution in [0, 0.1) is 5.41 Å². The number of H-pyrrole nitrogens is 1. The van der Waals surface area contributed by atoms with Crippen LogP contribution in [0.25, 0.3) is 0 Å². The average Bonchev–Trinajstić information content (AvgIpc) is 2.83. The van der Waals surface area contributed by atoms with Crippen molar-refractivity contribution in [3.05, 3.63) is 35.3 Å². The number of carbonyl (C=O) groups is 2. The molecule has 1 aliphatic rings. The topological polar surface area (TPSA) is 53.2 Å². The number of hydrogen-bond donors (Lipinski definition) is 1. The van der Waals surface area contributed by atoms with Crippen LogP contribution in [0.1, 0.15) is 37.0 Å². The molecule has 0 fully saturated rings. The Kier molecular flexibility index (Phi) is 3.11. The lowest BCUT2D eigenvalue weighted by Crippen LogP contribution is -2.38. The summed E-state index contributed by atoms with van der Waals surface area (Å²) in [7, 11) is 0. The molecule has 0 spiro atoms. The Morgan fingerprint density at radius 1 is 1.39 bits per heavy atom. The van der Waals surface area contributed by atoms with Gasteiger partial charge in [0.1, 0.15) is 0 Å². The predicted molar refractivity (Wildman–Crippen MR) is 69.1 cm³/mol. The molecule has 1 unspecified atom stereocenters. The van der Waals surface area contributed by atoms with Crippen LogP contribution in [-0.2, 0) is 11.2 Å². The molecule has 0 radical (unpaired) electrons. The van der Waals surface area contributed by atoms with E-state index in [9.17, 15) is 9.59 Å². The second kappa shape index (κ2) is 4.44. The summed E-state index contributed by atoms with van der Waals surface area (Å²) in [6.07, 6.45) is 4.52. The van der Waals surface area contributed by atoms with E-state index in [4.69, 9.17) is 0 Å². The van der Waals surface area contributed by atoms with Gasteiger partial charge in [-0.2, -0.15) is 0 Å². The van der Waals surface area contributed by atoms with Crippen LogP contribution in [0.2, 0.25) is 0 Å². The zero-order chi connectivity index (χ0) is 13.3. The fourth-order valence-corrected chi connectivity index (χ4v) is 2.69. The first-order chi connectivity index (χ1) is 8.47. The highest BCUT2D eigenvalue weighted by Crippen LogP contribution is 2.37. The van der Waals surface area contributed by atoms with E-state index in [1.54, 1.807) is 11.0 Å². The van der Waals surface area contributed by atoms with Gasteiger partial charge in [-0.15, -0.1) is 0 Å². The molecule has 4 heteroatoms. The number of hydrogen-bond acceptors (Lipinski definition) is 2. The van der Waals surface area contributed by atoms with Crippen molar-refractivity contribution in [1.29, 1.82) is 0 Å². The highest BCUT2D eigenvalue weighted by molar-refractivity contribution is 5.72. The molecule has 1 aromatic rings. The molecule has 0 saturated heterocycles. The van der Waals surface area contributed by atoms with E-state index in [0.29, 0.717) is 12.1 Å². The molecule has 1 aromatic heterocycles. The van der Waals surface area contributed by atoms with E-state index in [1.807, 2.05) is 13.0 Å². The highest BCUT2D eigenvalue weighted by Gasteiger charge is 2.38. The number of carbonyl (C=O) groups excluding carboxylic acids is 2. The van der Waals surface area contributed by atoms with Gasteiger partial charge in [-0.1, -0.05) is 19.9 Å². The van der Waals surface area contributed by atoms with Crippen molar-refractivity contribution in [2.24, 2.45) is 5.41 Å². The molecule has 1 atom stereocenters. The van der Waals surface area contributed by atoms with E-state index >= 15 is 0 Å². The fraction of sp³-hybridized carbons (Fsp3) is 0.429. The summed E-state index contributed by atoms with van der Waals surface area (Å²) >= 11 is 0. The Balaban J connectivity index is 2.22. The second-order valence-electron chi connectivity index (χ2n) is 5.40. The summed E-state index contributed by atoms with van der Waals surface area (Å²) in [6, 6.07) is 3.75. The Bertz CT molecular complexity index is 500. The van der Waals surface area contributed by atoms with Gasteiger partial charge in [0.25, 0.3) is 0 Å².